The van der Waals surface area contributed by atoms with Crippen LogP contribution in [-0.2, 0) is 9.47 Å². The Morgan fingerprint density at radius 1 is 1.21 bits per heavy atom. The molecule has 1 heterocycles. The van der Waals surface area contributed by atoms with Crippen LogP contribution in [0.25, 0.3) is 0 Å². The first-order chi connectivity index (χ1) is 6.72. The van der Waals surface area contributed by atoms with Gasteiger partial charge in [0.25, 0.3) is 0 Å². The van der Waals surface area contributed by atoms with Crippen molar-refractivity contribution in [1.29, 1.82) is 0 Å². The van der Waals surface area contributed by atoms with Gasteiger partial charge in [0, 0.05) is 19.3 Å². The van der Waals surface area contributed by atoms with E-state index in [1.165, 1.54) is 19.3 Å². The van der Waals surface area contributed by atoms with Gasteiger partial charge in [-0.2, -0.15) is 0 Å². The predicted molar refractivity (Wildman–Crippen MR) is 55.2 cm³/mol. The predicted octanol–water partition coefficient (Wildman–Crippen LogP) is 1.45. The van der Waals surface area contributed by atoms with E-state index in [1.54, 1.807) is 7.11 Å². The van der Waals surface area contributed by atoms with E-state index in [4.69, 9.17) is 15.2 Å². The summed E-state index contributed by atoms with van der Waals surface area (Å²) >= 11 is 0. The fraction of sp³-hybridized carbons (Fsp3) is 1.00. The van der Waals surface area contributed by atoms with Crippen molar-refractivity contribution in [2.24, 2.45) is 5.73 Å². The summed E-state index contributed by atoms with van der Waals surface area (Å²) < 4.78 is 11.3. The summed E-state index contributed by atoms with van der Waals surface area (Å²) in [7, 11) is 1.74. The molecule has 2 fully saturated rings. The van der Waals surface area contributed by atoms with Gasteiger partial charge < -0.3 is 15.2 Å². The highest BCUT2D eigenvalue weighted by molar-refractivity contribution is 5.10. The molecule has 1 saturated heterocycles. The van der Waals surface area contributed by atoms with Crippen LogP contribution in [0.1, 0.15) is 38.5 Å². The molecular formula is C11H21NO2. The molecule has 1 atom stereocenters. The second-order valence-corrected chi connectivity index (χ2v) is 4.74. The van der Waals surface area contributed by atoms with Gasteiger partial charge in [0.1, 0.15) is 5.60 Å². The van der Waals surface area contributed by atoms with Gasteiger partial charge in [-0.25, -0.2) is 0 Å². The fourth-order valence-corrected chi connectivity index (χ4v) is 2.75. The molecule has 0 aromatic rings. The lowest BCUT2D eigenvalue weighted by Crippen LogP contribution is -2.68. The van der Waals surface area contributed by atoms with E-state index in [9.17, 15) is 0 Å². The summed E-state index contributed by atoms with van der Waals surface area (Å²) in [4.78, 5) is 0. The first-order valence-corrected chi connectivity index (χ1v) is 5.64. The average Bonchev–Trinajstić information content (AvgIpc) is 2.16. The van der Waals surface area contributed by atoms with Crippen LogP contribution in [0.4, 0.5) is 0 Å². The van der Waals surface area contributed by atoms with Crippen LogP contribution >= 0.6 is 0 Å². The molecule has 0 radical (unpaired) electrons. The maximum Gasteiger partial charge on any atom is 0.109 e. The third-order valence-corrected chi connectivity index (χ3v) is 3.88. The summed E-state index contributed by atoms with van der Waals surface area (Å²) in [6, 6.07) is 0. The highest BCUT2D eigenvalue weighted by Gasteiger charge is 2.53. The van der Waals surface area contributed by atoms with Crippen LogP contribution < -0.4 is 5.73 Å². The van der Waals surface area contributed by atoms with E-state index in [0.29, 0.717) is 6.61 Å². The summed E-state index contributed by atoms with van der Waals surface area (Å²) in [5.41, 5.74) is 6.10. The van der Waals surface area contributed by atoms with Gasteiger partial charge in [-0.1, -0.05) is 0 Å². The van der Waals surface area contributed by atoms with Gasteiger partial charge in [0.2, 0.25) is 0 Å². The fourth-order valence-electron chi connectivity index (χ4n) is 2.75. The van der Waals surface area contributed by atoms with Crippen LogP contribution in [0.5, 0.6) is 0 Å². The van der Waals surface area contributed by atoms with Gasteiger partial charge in [-0.15, -0.1) is 0 Å². The Morgan fingerprint density at radius 2 is 2.00 bits per heavy atom. The van der Waals surface area contributed by atoms with Crippen molar-refractivity contribution in [2.45, 2.75) is 49.7 Å². The van der Waals surface area contributed by atoms with Crippen LogP contribution in [0.15, 0.2) is 0 Å². The maximum atomic E-state index is 6.39. The zero-order chi connectivity index (χ0) is 10.1. The molecule has 1 unspecified atom stereocenters. The smallest absolute Gasteiger partial charge is 0.109 e. The van der Waals surface area contributed by atoms with Crippen molar-refractivity contribution in [3.8, 4) is 0 Å². The highest BCUT2D eigenvalue weighted by atomic mass is 16.5. The van der Waals surface area contributed by atoms with Crippen molar-refractivity contribution in [3.05, 3.63) is 0 Å². The number of ether oxygens (including phenoxy) is 2. The third-order valence-electron chi connectivity index (χ3n) is 3.88. The summed E-state index contributed by atoms with van der Waals surface area (Å²) in [5.74, 6) is 0. The van der Waals surface area contributed by atoms with E-state index in [2.05, 4.69) is 0 Å². The van der Waals surface area contributed by atoms with Gasteiger partial charge in [-0.3, -0.25) is 0 Å². The summed E-state index contributed by atoms with van der Waals surface area (Å²) in [5, 5.41) is 0. The van der Waals surface area contributed by atoms with Crippen molar-refractivity contribution in [3.63, 3.8) is 0 Å². The van der Waals surface area contributed by atoms with E-state index in [1.807, 2.05) is 0 Å². The standard InChI is InChI=1S/C11H21NO2/c1-13-9-11(7-2-3-8-14-11)10(12)5-4-6-10/h2-9,12H2,1H3. The zero-order valence-electron chi connectivity index (χ0n) is 9.05. The largest absolute Gasteiger partial charge is 0.382 e. The number of hydrogen-bond acceptors (Lipinski definition) is 3. The normalized spacial score (nSPS) is 36.4. The van der Waals surface area contributed by atoms with E-state index < -0.39 is 0 Å². The van der Waals surface area contributed by atoms with Crippen LogP contribution in [0.3, 0.4) is 0 Å². The monoisotopic (exact) mass is 199 g/mol. The Bertz CT molecular complexity index is 190. The van der Waals surface area contributed by atoms with E-state index in [-0.39, 0.29) is 11.1 Å². The molecule has 82 valence electrons. The van der Waals surface area contributed by atoms with Crippen molar-refractivity contribution < 1.29 is 9.47 Å². The Hall–Kier alpha value is -0.120. The third kappa shape index (κ3) is 1.47. The molecule has 2 aliphatic rings. The quantitative estimate of drug-likeness (QED) is 0.748. The first kappa shape index (κ1) is 10.4. The van der Waals surface area contributed by atoms with Crippen molar-refractivity contribution in [2.75, 3.05) is 20.3 Å². The van der Waals surface area contributed by atoms with E-state index >= 15 is 0 Å². The number of hydrogen-bond donors (Lipinski definition) is 1. The SMILES string of the molecule is COCC1(C2(N)CCC2)CCCCO1. The minimum absolute atomic E-state index is 0.108. The van der Waals surface area contributed by atoms with Crippen molar-refractivity contribution >= 4 is 0 Å². The second kappa shape index (κ2) is 3.80. The van der Waals surface area contributed by atoms with Gasteiger partial charge in [0.05, 0.1) is 6.61 Å². The van der Waals surface area contributed by atoms with Crippen LogP contribution in [-0.4, -0.2) is 31.5 Å². The Kier molecular flexibility index (Phi) is 2.82. The summed E-state index contributed by atoms with van der Waals surface area (Å²) in [6.45, 7) is 1.51. The molecule has 0 aromatic carbocycles. The molecule has 1 aliphatic carbocycles. The lowest BCUT2D eigenvalue weighted by molar-refractivity contribution is -0.175. The average molecular weight is 199 g/mol. The molecule has 3 nitrogen and oxygen atoms in total. The molecule has 0 aromatic heterocycles. The molecule has 0 spiro atoms. The van der Waals surface area contributed by atoms with Gasteiger partial charge in [0.15, 0.2) is 0 Å². The highest BCUT2D eigenvalue weighted by Crippen LogP contribution is 2.45. The first-order valence-electron chi connectivity index (χ1n) is 5.64. The minimum atomic E-state index is -0.182. The topological polar surface area (TPSA) is 44.5 Å². The second-order valence-electron chi connectivity index (χ2n) is 4.74. The molecule has 14 heavy (non-hydrogen) atoms. The Labute approximate surface area is 85.9 Å². The van der Waals surface area contributed by atoms with Crippen LogP contribution in [0.2, 0.25) is 0 Å². The number of methoxy groups -OCH3 is 1. The van der Waals surface area contributed by atoms with Gasteiger partial charge in [-0.05, 0) is 38.5 Å². The minimum Gasteiger partial charge on any atom is -0.382 e. The number of rotatable bonds is 3. The molecular weight excluding hydrogens is 178 g/mol. The van der Waals surface area contributed by atoms with Crippen LogP contribution in [0, 0.1) is 0 Å². The zero-order valence-corrected chi connectivity index (χ0v) is 9.05. The van der Waals surface area contributed by atoms with Gasteiger partial charge >= 0.3 is 0 Å². The number of nitrogens with two attached hydrogens (primary N) is 1. The molecule has 0 bridgehead atoms. The summed E-state index contributed by atoms with van der Waals surface area (Å²) in [6.07, 6.45) is 6.89. The lowest BCUT2D eigenvalue weighted by atomic mass is 9.64. The molecule has 1 saturated carbocycles. The Balaban J connectivity index is 2.11. The lowest BCUT2D eigenvalue weighted by Gasteiger charge is -2.54. The molecule has 0 amide bonds. The van der Waals surface area contributed by atoms with Crippen molar-refractivity contribution in [1.82, 2.24) is 0 Å². The molecule has 2 N–H and O–H groups in total. The molecule has 1 aliphatic heterocycles. The maximum absolute atomic E-state index is 6.39. The Morgan fingerprint density at radius 3 is 2.43 bits per heavy atom. The van der Waals surface area contributed by atoms with E-state index in [0.717, 1.165) is 25.9 Å². The molecule has 3 heteroatoms. The molecule has 2 rings (SSSR count).